The van der Waals surface area contributed by atoms with Gasteiger partial charge in [-0.1, -0.05) is 24.3 Å². The monoisotopic (exact) mass is 399 g/mol. The van der Waals surface area contributed by atoms with E-state index in [-0.39, 0.29) is 30.1 Å². The molecule has 1 aromatic rings. The molecule has 2 bridgehead atoms. The van der Waals surface area contributed by atoms with Crippen LogP contribution in [0.1, 0.15) is 18.4 Å². The van der Waals surface area contributed by atoms with Crippen molar-refractivity contribution in [3.8, 4) is 5.75 Å². The lowest BCUT2D eigenvalue weighted by molar-refractivity contribution is -0.137. The van der Waals surface area contributed by atoms with E-state index in [1.54, 1.807) is 7.11 Å². The normalized spacial score (nSPS) is 29.3. The maximum absolute atomic E-state index is 13.5. The second-order valence-corrected chi connectivity index (χ2v) is 8.68. The first-order valence-corrected chi connectivity index (χ1v) is 10.7. The van der Waals surface area contributed by atoms with E-state index in [4.69, 9.17) is 15.2 Å². The molecule has 2 saturated heterocycles. The van der Waals surface area contributed by atoms with Crippen LogP contribution in [0.25, 0.3) is 0 Å². The highest BCUT2D eigenvalue weighted by Gasteiger charge is 2.49. The smallest absolute Gasteiger partial charge is 0.230 e. The molecule has 0 radical (unpaired) electrons. The first-order valence-electron chi connectivity index (χ1n) is 10.7. The third-order valence-corrected chi connectivity index (χ3v) is 6.70. The molecule has 2 N–H and O–H groups in total. The molecule has 0 spiro atoms. The number of nitrogens with zero attached hydrogens (tertiary/aromatic N) is 2. The number of carbonyl (C=O) groups excluding carboxylic acids is 1. The summed E-state index contributed by atoms with van der Waals surface area (Å²) in [4.78, 5) is 17.9. The number of hydrogen-bond acceptors (Lipinski definition) is 5. The highest BCUT2D eigenvalue weighted by Crippen LogP contribution is 2.34. The third-order valence-electron chi connectivity index (χ3n) is 6.70. The van der Waals surface area contributed by atoms with Gasteiger partial charge < -0.3 is 25.0 Å². The molecule has 6 nitrogen and oxygen atoms in total. The van der Waals surface area contributed by atoms with Gasteiger partial charge in [0, 0.05) is 19.1 Å². The summed E-state index contributed by atoms with van der Waals surface area (Å²) < 4.78 is 11.1. The predicted octanol–water partition coefficient (Wildman–Crippen LogP) is 1.69. The van der Waals surface area contributed by atoms with Crippen molar-refractivity contribution in [2.75, 3.05) is 40.3 Å². The number of carbonyl (C=O) groups is 1. The van der Waals surface area contributed by atoms with Crippen LogP contribution in [0.4, 0.5) is 0 Å². The Labute approximate surface area is 173 Å². The molecule has 3 aliphatic rings. The lowest BCUT2D eigenvalue weighted by Gasteiger charge is -2.35. The van der Waals surface area contributed by atoms with Crippen LogP contribution in [0.15, 0.2) is 36.4 Å². The number of methoxy groups -OCH3 is 1. The van der Waals surface area contributed by atoms with Crippen LogP contribution in [0.5, 0.6) is 5.75 Å². The molecule has 2 fully saturated rings. The van der Waals surface area contributed by atoms with Crippen molar-refractivity contribution >= 4 is 5.91 Å². The molecule has 158 valence electrons. The molecule has 0 saturated carbocycles. The Morgan fingerprint density at radius 1 is 1.21 bits per heavy atom. The van der Waals surface area contributed by atoms with Gasteiger partial charge >= 0.3 is 0 Å². The van der Waals surface area contributed by atoms with Gasteiger partial charge in [0.25, 0.3) is 0 Å². The Morgan fingerprint density at radius 2 is 1.90 bits per heavy atom. The Bertz CT molecular complexity index is 727. The number of ether oxygens (including phenoxy) is 2. The third kappa shape index (κ3) is 4.49. The average molecular weight is 400 g/mol. The summed E-state index contributed by atoms with van der Waals surface area (Å²) in [6, 6.07) is 7.86. The number of fused-ring (bicyclic) bond motifs is 2. The van der Waals surface area contributed by atoms with Crippen molar-refractivity contribution in [2.24, 2.45) is 17.6 Å². The van der Waals surface area contributed by atoms with Crippen LogP contribution in [0, 0.1) is 11.8 Å². The number of likely N-dealkylation sites (tertiary alicyclic amines) is 1. The van der Waals surface area contributed by atoms with Crippen LogP contribution < -0.4 is 10.5 Å². The van der Waals surface area contributed by atoms with Crippen molar-refractivity contribution in [2.45, 2.75) is 37.5 Å². The van der Waals surface area contributed by atoms with E-state index in [1.165, 1.54) is 5.56 Å². The standard InChI is InChI=1S/C23H33N3O3/c1-25-12-9-17(10-13-25)15-26(14-11-16-3-5-18(28-2)6-4-16)23(27)21-19-7-8-20(29-19)22(21)24/h3-8,17,19-22H,9-15,24H2,1-2H3/t19-,20+,21-,22+/m0/s1. The molecule has 1 aromatic carbocycles. The number of piperidine rings is 1. The van der Waals surface area contributed by atoms with Crippen LogP contribution in [0.2, 0.25) is 0 Å². The first-order chi connectivity index (χ1) is 14.0. The maximum Gasteiger partial charge on any atom is 0.230 e. The summed E-state index contributed by atoms with van der Waals surface area (Å²) in [5.41, 5.74) is 7.56. The van der Waals surface area contributed by atoms with E-state index in [1.807, 2.05) is 24.3 Å². The van der Waals surface area contributed by atoms with Gasteiger partial charge in [0.1, 0.15) is 5.75 Å². The van der Waals surface area contributed by atoms with Crippen molar-refractivity contribution in [1.82, 2.24) is 9.80 Å². The quantitative estimate of drug-likeness (QED) is 0.707. The minimum atomic E-state index is -0.257. The molecule has 0 aromatic heterocycles. The fourth-order valence-corrected chi connectivity index (χ4v) is 4.76. The Balaban J connectivity index is 1.44. The molecule has 4 rings (SSSR count). The van der Waals surface area contributed by atoms with Gasteiger partial charge in [-0.2, -0.15) is 0 Å². The average Bonchev–Trinajstić information content (AvgIpc) is 3.34. The summed E-state index contributed by atoms with van der Waals surface area (Å²) in [5.74, 6) is 1.30. The largest absolute Gasteiger partial charge is 0.497 e. The SMILES string of the molecule is COc1ccc(CCN(CC2CCN(C)CC2)C(=O)[C@@H]2[C@H](N)[C@H]3C=C[C@@H]2O3)cc1. The summed E-state index contributed by atoms with van der Waals surface area (Å²) in [5, 5.41) is 0. The molecule has 0 aliphatic carbocycles. The van der Waals surface area contributed by atoms with E-state index >= 15 is 0 Å². The number of amides is 1. The fourth-order valence-electron chi connectivity index (χ4n) is 4.76. The zero-order valence-electron chi connectivity index (χ0n) is 17.5. The van der Waals surface area contributed by atoms with Gasteiger partial charge in [0.15, 0.2) is 0 Å². The van der Waals surface area contributed by atoms with Gasteiger partial charge in [0.2, 0.25) is 5.91 Å². The minimum absolute atomic E-state index is 0.110. The molecule has 4 atom stereocenters. The van der Waals surface area contributed by atoms with Gasteiger partial charge in [-0.05, 0) is 63.0 Å². The summed E-state index contributed by atoms with van der Waals surface area (Å²) in [6.07, 6.45) is 6.84. The van der Waals surface area contributed by atoms with Crippen LogP contribution in [-0.2, 0) is 16.0 Å². The summed E-state index contributed by atoms with van der Waals surface area (Å²) >= 11 is 0. The molecule has 3 aliphatic heterocycles. The summed E-state index contributed by atoms with van der Waals surface area (Å²) in [7, 11) is 3.84. The lowest BCUT2D eigenvalue weighted by Crippen LogP contribution is -2.50. The highest BCUT2D eigenvalue weighted by molar-refractivity contribution is 5.81. The highest BCUT2D eigenvalue weighted by atomic mass is 16.5. The molecule has 3 heterocycles. The van der Waals surface area contributed by atoms with Crippen molar-refractivity contribution in [3.05, 3.63) is 42.0 Å². The Kier molecular flexibility index (Phi) is 6.23. The van der Waals surface area contributed by atoms with E-state index in [0.717, 1.165) is 44.6 Å². The number of hydrogen-bond donors (Lipinski definition) is 1. The van der Waals surface area contributed by atoms with E-state index in [9.17, 15) is 4.79 Å². The minimum Gasteiger partial charge on any atom is -0.497 e. The van der Waals surface area contributed by atoms with Crippen LogP contribution in [0.3, 0.4) is 0 Å². The fraction of sp³-hybridized carbons (Fsp3) is 0.609. The molecular weight excluding hydrogens is 366 g/mol. The van der Waals surface area contributed by atoms with E-state index in [2.05, 4.69) is 29.0 Å². The predicted molar refractivity (Wildman–Crippen MR) is 113 cm³/mol. The van der Waals surface area contributed by atoms with Crippen molar-refractivity contribution in [1.29, 1.82) is 0 Å². The zero-order valence-corrected chi connectivity index (χ0v) is 17.5. The second-order valence-electron chi connectivity index (χ2n) is 8.68. The van der Waals surface area contributed by atoms with Gasteiger partial charge in [-0.3, -0.25) is 4.79 Å². The molecule has 29 heavy (non-hydrogen) atoms. The Hall–Kier alpha value is -1.89. The Morgan fingerprint density at radius 3 is 2.52 bits per heavy atom. The van der Waals surface area contributed by atoms with Crippen molar-refractivity contribution < 1.29 is 14.3 Å². The molecule has 1 amide bonds. The summed E-state index contributed by atoms with van der Waals surface area (Å²) in [6.45, 7) is 3.73. The zero-order chi connectivity index (χ0) is 20.4. The van der Waals surface area contributed by atoms with Crippen molar-refractivity contribution in [3.63, 3.8) is 0 Å². The second kappa shape index (κ2) is 8.86. The van der Waals surface area contributed by atoms with Crippen LogP contribution in [-0.4, -0.2) is 74.3 Å². The topological polar surface area (TPSA) is 68.0 Å². The van der Waals surface area contributed by atoms with Crippen LogP contribution >= 0.6 is 0 Å². The maximum atomic E-state index is 13.5. The van der Waals surface area contributed by atoms with Gasteiger partial charge in [-0.25, -0.2) is 0 Å². The lowest BCUT2D eigenvalue weighted by atomic mass is 9.87. The number of rotatable bonds is 7. The first kappa shape index (κ1) is 20.4. The molecular formula is C23H33N3O3. The molecule has 0 unspecified atom stereocenters. The van der Waals surface area contributed by atoms with Gasteiger partial charge in [0.05, 0.1) is 25.2 Å². The van der Waals surface area contributed by atoms with Gasteiger partial charge in [-0.15, -0.1) is 0 Å². The molecule has 6 heteroatoms. The number of benzene rings is 1. The van der Waals surface area contributed by atoms with E-state index < -0.39 is 0 Å². The number of nitrogens with two attached hydrogens (primary N) is 1. The van der Waals surface area contributed by atoms with E-state index in [0.29, 0.717) is 12.5 Å².